The SMILES string of the molecule is CCC(=O)NN(C)[C@@H](C)[C@H](O)c1ccccc1. The van der Waals surface area contributed by atoms with E-state index in [0.717, 1.165) is 5.56 Å². The van der Waals surface area contributed by atoms with Gasteiger partial charge in [0.25, 0.3) is 0 Å². The van der Waals surface area contributed by atoms with E-state index < -0.39 is 6.10 Å². The van der Waals surface area contributed by atoms with Gasteiger partial charge in [-0.15, -0.1) is 0 Å². The lowest BCUT2D eigenvalue weighted by molar-refractivity contribution is -0.126. The van der Waals surface area contributed by atoms with Gasteiger partial charge in [-0.05, 0) is 12.5 Å². The molecule has 0 unspecified atom stereocenters. The number of benzene rings is 1. The topological polar surface area (TPSA) is 52.6 Å². The van der Waals surface area contributed by atoms with E-state index in [1.807, 2.05) is 37.3 Å². The summed E-state index contributed by atoms with van der Waals surface area (Å²) in [5, 5.41) is 11.8. The Bertz CT molecular complexity index is 354. The lowest BCUT2D eigenvalue weighted by Gasteiger charge is -2.29. The third-order valence-electron chi connectivity index (χ3n) is 2.83. The number of hydrogen-bond acceptors (Lipinski definition) is 3. The number of carbonyl (C=O) groups is 1. The molecule has 94 valence electrons. The molecule has 0 radical (unpaired) electrons. The quantitative estimate of drug-likeness (QED) is 0.761. The number of nitrogens with one attached hydrogen (secondary N) is 1. The average Bonchev–Trinajstić information content (AvgIpc) is 2.37. The maximum Gasteiger partial charge on any atom is 0.233 e. The van der Waals surface area contributed by atoms with Crippen LogP contribution in [0.25, 0.3) is 0 Å². The van der Waals surface area contributed by atoms with Crippen LogP contribution < -0.4 is 5.43 Å². The van der Waals surface area contributed by atoms with Crippen LogP contribution in [-0.2, 0) is 4.79 Å². The minimum Gasteiger partial charge on any atom is -0.387 e. The fourth-order valence-electron chi connectivity index (χ4n) is 1.52. The highest BCUT2D eigenvalue weighted by Crippen LogP contribution is 2.18. The molecule has 0 saturated heterocycles. The molecule has 0 aliphatic heterocycles. The number of aliphatic hydroxyl groups is 1. The van der Waals surface area contributed by atoms with Crippen molar-refractivity contribution in [2.75, 3.05) is 7.05 Å². The molecule has 1 amide bonds. The average molecular weight is 236 g/mol. The summed E-state index contributed by atoms with van der Waals surface area (Å²) in [6.07, 6.45) is -0.197. The van der Waals surface area contributed by atoms with Gasteiger partial charge >= 0.3 is 0 Å². The van der Waals surface area contributed by atoms with E-state index in [-0.39, 0.29) is 11.9 Å². The first-order valence-electron chi connectivity index (χ1n) is 5.81. The number of rotatable bonds is 5. The van der Waals surface area contributed by atoms with Crippen molar-refractivity contribution in [3.63, 3.8) is 0 Å². The fraction of sp³-hybridized carbons (Fsp3) is 0.462. The van der Waals surface area contributed by atoms with Crippen molar-refractivity contribution in [1.29, 1.82) is 0 Å². The van der Waals surface area contributed by atoms with Crippen LogP contribution in [0.5, 0.6) is 0 Å². The molecule has 0 saturated carbocycles. The molecule has 4 heteroatoms. The van der Waals surface area contributed by atoms with Crippen LogP contribution in [-0.4, -0.2) is 29.1 Å². The number of likely N-dealkylation sites (N-methyl/N-ethyl adjacent to an activating group) is 1. The number of carbonyl (C=O) groups excluding carboxylic acids is 1. The van der Waals surface area contributed by atoms with Gasteiger partial charge in [-0.2, -0.15) is 0 Å². The summed E-state index contributed by atoms with van der Waals surface area (Å²) in [6.45, 7) is 3.66. The summed E-state index contributed by atoms with van der Waals surface area (Å²) in [5.41, 5.74) is 3.56. The number of hydrazine groups is 1. The summed E-state index contributed by atoms with van der Waals surface area (Å²) in [6, 6.07) is 9.23. The molecule has 0 spiro atoms. The molecule has 0 aromatic heterocycles. The van der Waals surface area contributed by atoms with Gasteiger partial charge < -0.3 is 5.11 Å². The molecule has 2 atom stereocenters. The predicted octanol–water partition coefficient (Wildman–Crippen LogP) is 1.48. The summed E-state index contributed by atoms with van der Waals surface area (Å²) < 4.78 is 0. The number of aliphatic hydroxyl groups excluding tert-OH is 1. The van der Waals surface area contributed by atoms with E-state index in [1.165, 1.54) is 0 Å². The Balaban J connectivity index is 2.63. The second kappa shape index (κ2) is 6.37. The summed E-state index contributed by atoms with van der Waals surface area (Å²) in [4.78, 5) is 11.3. The Hall–Kier alpha value is -1.39. The molecule has 4 nitrogen and oxygen atoms in total. The van der Waals surface area contributed by atoms with Crippen LogP contribution in [0.15, 0.2) is 30.3 Å². The van der Waals surface area contributed by atoms with E-state index in [4.69, 9.17) is 0 Å². The minimum atomic E-state index is -0.627. The van der Waals surface area contributed by atoms with Crippen molar-refractivity contribution in [2.45, 2.75) is 32.4 Å². The highest BCUT2D eigenvalue weighted by atomic mass is 16.3. The van der Waals surface area contributed by atoms with Crippen LogP contribution >= 0.6 is 0 Å². The van der Waals surface area contributed by atoms with Crippen LogP contribution in [0.3, 0.4) is 0 Å². The van der Waals surface area contributed by atoms with Crippen molar-refractivity contribution in [3.8, 4) is 0 Å². The second-order valence-corrected chi connectivity index (χ2v) is 4.10. The largest absolute Gasteiger partial charge is 0.387 e. The van der Waals surface area contributed by atoms with Gasteiger partial charge in [0.05, 0.1) is 12.1 Å². The molecule has 17 heavy (non-hydrogen) atoms. The van der Waals surface area contributed by atoms with Gasteiger partial charge in [-0.1, -0.05) is 37.3 Å². The van der Waals surface area contributed by atoms with Gasteiger partial charge in [-0.25, -0.2) is 5.01 Å². The van der Waals surface area contributed by atoms with Crippen molar-refractivity contribution in [1.82, 2.24) is 10.4 Å². The molecule has 0 aliphatic rings. The first-order chi connectivity index (χ1) is 8.06. The molecule has 0 aliphatic carbocycles. The lowest BCUT2D eigenvalue weighted by atomic mass is 10.0. The van der Waals surface area contributed by atoms with Crippen molar-refractivity contribution in [2.24, 2.45) is 0 Å². The van der Waals surface area contributed by atoms with E-state index in [9.17, 15) is 9.90 Å². The van der Waals surface area contributed by atoms with E-state index in [2.05, 4.69) is 5.43 Å². The zero-order chi connectivity index (χ0) is 12.8. The molecule has 0 heterocycles. The van der Waals surface area contributed by atoms with Gasteiger partial charge in [0.15, 0.2) is 0 Å². The Morgan fingerprint density at radius 2 is 2.00 bits per heavy atom. The molecular formula is C13H20N2O2. The van der Waals surface area contributed by atoms with Gasteiger partial charge in [0.1, 0.15) is 0 Å². The predicted molar refractivity (Wildman–Crippen MR) is 67.1 cm³/mol. The van der Waals surface area contributed by atoms with Crippen LogP contribution in [0.1, 0.15) is 31.9 Å². The molecule has 1 aromatic rings. The normalized spacial score (nSPS) is 14.4. The molecular weight excluding hydrogens is 216 g/mol. The van der Waals surface area contributed by atoms with E-state index in [1.54, 1.807) is 19.0 Å². The van der Waals surface area contributed by atoms with Crippen LogP contribution in [0.2, 0.25) is 0 Å². The van der Waals surface area contributed by atoms with Crippen LogP contribution in [0.4, 0.5) is 0 Å². The summed E-state index contributed by atoms with van der Waals surface area (Å²) in [5.74, 6) is -0.0559. The maximum atomic E-state index is 11.3. The maximum absolute atomic E-state index is 11.3. The lowest BCUT2D eigenvalue weighted by Crippen LogP contribution is -2.46. The molecule has 2 N–H and O–H groups in total. The van der Waals surface area contributed by atoms with Gasteiger partial charge in [0.2, 0.25) is 5.91 Å². The first-order valence-corrected chi connectivity index (χ1v) is 5.81. The first kappa shape index (κ1) is 13.7. The summed E-state index contributed by atoms with van der Waals surface area (Å²) in [7, 11) is 1.75. The van der Waals surface area contributed by atoms with Gasteiger partial charge in [0, 0.05) is 13.5 Å². The van der Waals surface area contributed by atoms with Gasteiger partial charge in [-0.3, -0.25) is 10.2 Å². The summed E-state index contributed by atoms with van der Waals surface area (Å²) >= 11 is 0. The molecule has 1 aromatic carbocycles. The minimum absolute atomic E-state index is 0.0559. The highest BCUT2D eigenvalue weighted by molar-refractivity contribution is 5.74. The van der Waals surface area contributed by atoms with Crippen LogP contribution in [0, 0.1) is 0 Å². The van der Waals surface area contributed by atoms with E-state index >= 15 is 0 Å². The fourth-order valence-corrected chi connectivity index (χ4v) is 1.52. The van der Waals surface area contributed by atoms with Crippen molar-refractivity contribution < 1.29 is 9.90 Å². The monoisotopic (exact) mass is 236 g/mol. The number of nitrogens with zero attached hydrogens (tertiary/aromatic N) is 1. The number of hydrogen-bond donors (Lipinski definition) is 2. The van der Waals surface area contributed by atoms with Crippen molar-refractivity contribution in [3.05, 3.63) is 35.9 Å². The van der Waals surface area contributed by atoms with E-state index in [0.29, 0.717) is 6.42 Å². The standard InChI is InChI=1S/C13H20N2O2/c1-4-12(16)14-15(3)10(2)13(17)11-8-6-5-7-9-11/h5-10,13,17H,4H2,1-3H3,(H,14,16)/t10-,13-/m0/s1. The Morgan fingerprint density at radius 3 is 2.53 bits per heavy atom. The zero-order valence-electron chi connectivity index (χ0n) is 10.6. The number of amides is 1. The Kier molecular flexibility index (Phi) is 5.12. The molecule has 1 rings (SSSR count). The highest BCUT2D eigenvalue weighted by Gasteiger charge is 2.21. The zero-order valence-corrected chi connectivity index (χ0v) is 10.6. The third-order valence-corrected chi connectivity index (χ3v) is 2.83. The smallest absolute Gasteiger partial charge is 0.233 e. The van der Waals surface area contributed by atoms with Crippen molar-refractivity contribution >= 4 is 5.91 Å². The second-order valence-electron chi connectivity index (χ2n) is 4.10. The Labute approximate surface area is 102 Å². The third kappa shape index (κ3) is 3.84. The molecule has 0 fully saturated rings. The molecule has 0 bridgehead atoms. The Morgan fingerprint density at radius 1 is 1.41 bits per heavy atom.